The highest BCUT2D eigenvalue weighted by atomic mass is 28.3. The number of nitrogens with zero attached hydrogens (tertiary/aromatic N) is 9. The van der Waals surface area contributed by atoms with Crippen LogP contribution in [-0.2, 0) is 16.2 Å². The van der Waals surface area contributed by atoms with Crippen LogP contribution in [-0.4, -0.2) is 104 Å². The van der Waals surface area contributed by atoms with Crippen LogP contribution < -0.4 is 4.90 Å². The Morgan fingerprint density at radius 3 is 2.41 bits per heavy atom. The molecular weight excluding hydrogens is 663 g/mol. The van der Waals surface area contributed by atoms with E-state index in [0.29, 0.717) is 56.1 Å². The van der Waals surface area contributed by atoms with E-state index in [1.807, 2.05) is 73.3 Å². The van der Waals surface area contributed by atoms with E-state index in [1.54, 1.807) is 20.4 Å². The summed E-state index contributed by atoms with van der Waals surface area (Å²) in [5.41, 5.74) is 2.90. The van der Waals surface area contributed by atoms with Gasteiger partial charge in [-0.15, -0.1) is 5.10 Å². The Bertz CT molecular complexity index is 1820. The summed E-state index contributed by atoms with van der Waals surface area (Å²) in [6, 6.07) is 11.0. The van der Waals surface area contributed by atoms with E-state index in [9.17, 15) is 9.59 Å². The molecule has 2 saturated heterocycles. The van der Waals surface area contributed by atoms with Gasteiger partial charge >= 0.3 is 12.1 Å². The van der Waals surface area contributed by atoms with Crippen LogP contribution in [0.2, 0.25) is 25.7 Å². The van der Waals surface area contributed by atoms with Crippen LogP contribution in [0.4, 0.5) is 15.4 Å². The number of fused-ring (bicyclic) bond motifs is 1. The maximum atomic E-state index is 14.0. The number of ether oxygens (including phenoxy) is 2. The van der Waals surface area contributed by atoms with Gasteiger partial charge in [-0.3, -0.25) is 4.90 Å². The number of benzene rings is 1. The van der Waals surface area contributed by atoms with E-state index in [0.717, 1.165) is 42.2 Å². The molecular formula is C37H53N9O4Si. The molecule has 0 N–H and O–H groups in total. The molecule has 14 heteroatoms. The van der Waals surface area contributed by atoms with Crippen LogP contribution in [0.15, 0.2) is 49.1 Å². The van der Waals surface area contributed by atoms with Gasteiger partial charge in [0.2, 0.25) is 0 Å². The lowest BCUT2D eigenvalue weighted by molar-refractivity contribution is 0.0175. The fourth-order valence-corrected chi connectivity index (χ4v) is 7.32. The van der Waals surface area contributed by atoms with Crippen molar-refractivity contribution < 1.29 is 19.1 Å². The zero-order valence-electron chi connectivity index (χ0n) is 31.4. The topological polar surface area (TPSA) is 123 Å². The van der Waals surface area contributed by atoms with Crippen molar-refractivity contribution in [2.24, 2.45) is 11.8 Å². The molecule has 1 atom stereocenters. The quantitative estimate of drug-likeness (QED) is 0.122. The third-order valence-electron chi connectivity index (χ3n) is 9.54. The average molecular weight is 716 g/mol. The molecule has 0 bridgehead atoms. The number of anilines is 1. The van der Waals surface area contributed by atoms with Gasteiger partial charge in [0, 0.05) is 58.2 Å². The molecule has 0 unspecified atom stereocenters. The second-order valence-electron chi connectivity index (χ2n) is 16.4. The molecule has 0 saturated carbocycles. The summed E-state index contributed by atoms with van der Waals surface area (Å²) >= 11 is 0. The second-order valence-corrected chi connectivity index (χ2v) is 22.0. The Morgan fingerprint density at radius 1 is 1.04 bits per heavy atom. The normalized spacial score (nSPS) is 17.7. The number of likely N-dealkylation sites (tertiary alicyclic amines) is 1. The Labute approximate surface area is 301 Å². The Morgan fingerprint density at radius 2 is 1.75 bits per heavy atom. The van der Waals surface area contributed by atoms with Gasteiger partial charge in [0.1, 0.15) is 24.5 Å². The van der Waals surface area contributed by atoms with Gasteiger partial charge in [0.15, 0.2) is 11.5 Å². The van der Waals surface area contributed by atoms with Crippen molar-refractivity contribution in [3.05, 3.63) is 49.1 Å². The van der Waals surface area contributed by atoms with Crippen molar-refractivity contribution >= 4 is 31.7 Å². The van der Waals surface area contributed by atoms with Gasteiger partial charge in [-0.05, 0) is 63.1 Å². The van der Waals surface area contributed by atoms with Crippen molar-refractivity contribution in [1.82, 2.24) is 39.2 Å². The minimum atomic E-state index is -1.14. The number of carbonyl (C=O) groups is 2. The first kappa shape index (κ1) is 36.5. The van der Waals surface area contributed by atoms with Crippen LogP contribution in [0.1, 0.15) is 47.5 Å². The zero-order chi connectivity index (χ0) is 36.5. The van der Waals surface area contributed by atoms with Crippen LogP contribution in [0.3, 0.4) is 0 Å². The summed E-state index contributed by atoms with van der Waals surface area (Å²) in [6.45, 7) is 20.6. The van der Waals surface area contributed by atoms with E-state index in [-0.39, 0.29) is 24.1 Å². The molecule has 0 aliphatic carbocycles. The van der Waals surface area contributed by atoms with Crippen molar-refractivity contribution in [1.29, 1.82) is 0 Å². The predicted octanol–water partition coefficient (Wildman–Crippen LogP) is 6.88. The van der Waals surface area contributed by atoms with Crippen LogP contribution >= 0.6 is 0 Å². The minimum absolute atomic E-state index is 0.0157. The van der Waals surface area contributed by atoms with E-state index >= 15 is 0 Å². The minimum Gasteiger partial charge on any atom is -0.444 e. The van der Waals surface area contributed by atoms with Crippen LogP contribution in [0.25, 0.3) is 28.2 Å². The van der Waals surface area contributed by atoms with Crippen molar-refractivity contribution in [3.8, 4) is 22.5 Å². The van der Waals surface area contributed by atoms with E-state index in [1.165, 1.54) is 0 Å². The molecule has 0 spiro atoms. The van der Waals surface area contributed by atoms with Crippen LogP contribution in [0, 0.1) is 11.8 Å². The first-order valence-electron chi connectivity index (χ1n) is 18.1. The molecule has 1 aromatic carbocycles. The van der Waals surface area contributed by atoms with Gasteiger partial charge in [0.05, 0.1) is 12.2 Å². The molecule has 13 nitrogen and oxygen atoms in total. The Kier molecular flexibility index (Phi) is 10.5. The highest BCUT2D eigenvalue weighted by molar-refractivity contribution is 6.76. The first-order valence-corrected chi connectivity index (χ1v) is 21.8. The van der Waals surface area contributed by atoms with Crippen molar-refractivity contribution in [2.75, 3.05) is 37.7 Å². The monoisotopic (exact) mass is 715 g/mol. The maximum Gasteiger partial charge on any atom is 0.410 e. The summed E-state index contributed by atoms with van der Waals surface area (Å²) in [5, 5.41) is 9.17. The number of aromatic nitrogens is 6. The lowest BCUT2D eigenvalue weighted by Crippen LogP contribution is -2.44. The molecule has 5 heterocycles. The van der Waals surface area contributed by atoms with Crippen molar-refractivity contribution in [3.63, 3.8) is 0 Å². The van der Waals surface area contributed by atoms with Gasteiger partial charge in [-0.1, -0.05) is 57.8 Å². The van der Waals surface area contributed by atoms with Gasteiger partial charge < -0.3 is 19.3 Å². The maximum absolute atomic E-state index is 14.0. The third kappa shape index (κ3) is 8.78. The van der Waals surface area contributed by atoms with Gasteiger partial charge in [-0.25, -0.2) is 28.8 Å². The SMILES string of the molecule is CC(C)[C@H]1CN(CC2CCN(C(=O)OC(C)(C)C)CC2)C(=O)N1c1ccn2ncc(-c3ccc(-c4ncn(COCC[Si](C)(C)C)n4)cc3)c2n1. The molecule has 51 heavy (non-hydrogen) atoms. The predicted molar refractivity (Wildman–Crippen MR) is 200 cm³/mol. The molecule has 6 rings (SSSR count). The fourth-order valence-electron chi connectivity index (χ4n) is 6.57. The fraction of sp³-hybridized carbons (Fsp3) is 0.568. The summed E-state index contributed by atoms with van der Waals surface area (Å²) in [6.07, 6.45) is 6.80. The number of carbonyl (C=O) groups excluding carboxylic acids is 2. The lowest BCUT2D eigenvalue weighted by atomic mass is 9.96. The first-order chi connectivity index (χ1) is 24.1. The number of urea groups is 1. The molecule has 2 fully saturated rings. The summed E-state index contributed by atoms with van der Waals surface area (Å²) in [5.74, 6) is 1.81. The van der Waals surface area contributed by atoms with Gasteiger partial charge in [0.25, 0.3) is 0 Å². The van der Waals surface area contributed by atoms with E-state index in [4.69, 9.17) is 14.5 Å². The number of hydrogen-bond donors (Lipinski definition) is 0. The molecule has 3 aromatic heterocycles. The number of amides is 3. The highest BCUT2D eigenvalue weighted by Gasteiger charge is 2.42. The van der Waals surface area contributed by atoms with E-state index in [2.05, 4.69) is 48.7 Å². The van der Waals surface area contributed by atoms with Crippen LogP contribution in [0.5, 0.6) is 0 Å². The highest BCUT2D eigenvalue weighted by Crippen LogP contribution is 2.32. The van der Waals surface area contributed by atoms with E-state index < -0.39 is 13.7 Å². The number of hydrogen-bond acceptors (Lipinski definition) is 8. The van der Waals surface area contributed by atoms with Gasteiger partial charge in [-0.2, -0.15) is 5.10 Å². The van der Waals surface area contributed by atoms with Crippen molar-refractivity contribution in [2.45, 2.75) is 91.5 Å². The largest absolute Gasteiger partial charge is 0.444 e. The second kappa shape index (κ2) is 14.7. The average Bonchev–Trinajstić information content (AvgIpc) is 3.80. The molecule has 0 radical (unpaired) electrons. The lowest BCUT2D eigenvalue weighted by Gasteiger charge is -2.34. The summed E-state index contributed by atoms with van der Waals surface area (Å²) < 4.78 is 14.9. The molecule has 2 aliphatic heterocycles. The standard InChI is InChI=1S/C37H53N9O4Si/c1-26(2)31-23-43(22-27-13-16-42(17-14-27)36(48)50-37(3,4)5)35(47)46(31)32-15-18-45-34(40-32)30(21-39-45)28-9-11-29(12-10-28)33-38-24-44(41-33)25-49-19-20-51(6,7)8/h9-12,15,18,21,24,26-27,31H,13-14,16-17,19-20,22-23,25H2,1-8H3/t31-/m1/s1. The smallest absolute Gasteiger partial charge is 0.410 e. The summed E-state index contributed by atoms with van der Waals surface area (Å²) in [4.78, 5) is 41.7. The number of piperidine rings is 1. The Hall–Kier alpha value is -4.30. The molecule has 3 amide bonds. The molecule has 2 aliphatic rings. The third-order valence-corrected chi connectivity index (χ3v) is 11.2. The molecule has 274 valence electrons. The Balaban J connectivity index is 1.13. The molecule has 4 aromatic rings. The number of rotatable bonds is 11. The zero-order valence-corrected chi connectivity index (χ0v) is 32.4. The summed E-state index contributed by atoms with van der Waals surface area (Å²) in [7, 11) is -1.14.